The van der Waals surface area contributed by atoms with Gasteiger partial charge in [0.05, 0.1) is 12.3 Å². The summed E-state index contributed by atoms with van der Waals surface area (Å²) in [5, 5.41) is 0. The fourth-order valence-corrected chi connectivity index (χ4v) is 2.75. The third-order valence-corrected chi connectivity index (χ3v) is 4.26. The Morgan fingerprint density at radius 2 is 1.68 bits per heavy atom. The van der Waals surface area contributed by atoms with E-state index >= 15 is 0 Å². The molecule has 0 aliphatic carbocycles. The average Bonchev–Trinajstić information content (AvgIpc) is 2.72. The van der Waals surface area contributed by atoms with Gasteiger partial charge >= 0.3 is 0 Å². The van der Waals surface area contributed by atoms with Crippen molar-refractivity contribution in [1.82, 2.24) is 0 Å². The number of hydrogen-bond acceptors (Lipinski definition) is 3. The van der Waals surface area contributed by atoms with Crippen LogP contribution in [-0.4, -0.2) is 12.8 Å². The van der Waals surface area contributed by atoms with E-state index in [1.165, 1.54) is 17.7 Å². The molecule has 0 N–H and O–H groups in total. The van der Waals surface area contributed by atoms with Gasteiger partial charge < -0.3 is 9.47 Å². The topological polar surface area (TPSA) is 30.8 Å². The van der Waals surface area contributed by atoms with Crippen molar-refractivity contribution < 1.29 is 13.9 Å². The fourth-order valence-electron chi connectivity index (χ4n) is 2.75. The zero-order valence-electron chi connectivity index (χ0n) is 16.2. The highest BCUT2D eigenvalue weighted by atomic mass is 19.1. The molecule has 0 atom stereocenters. The minimum atomic E-state index is -0.273. The van der Waals surface area contributed by atoms with Gasteiger partial charge in [-0.25, -0.2) is 4.39 Å². The average molecular weight is 377 g/mol. The first kappa shape index (κ1) is 19.6. The zero-order valence-corrected chi connectivity index (χ0v) is 16.2. The van der Waals surface area contributed by atoms with Gasteiger partial charge in [-0.05, 0) is 72.5 Å². The molecule has 4 heteroatoms. The van der Waals surface area contributed by atoms with Crippen LogP contribution in [0.25, 0.3) is 0 Å². The standard InChI is InChI=1S/C24H24FNO2/c1-3-18-8-11-22(12-9-18)26-16-19-10-13-23(24(15-19)27-4-2)28-17-20-6-5-7-21(25)14-20/h5-16H,3-4,17H2,1-2H3. The van der Waals surface area contributed by atoms with Gasteiger partial charge in [-0.1, -0.05) is 31.2 Å². The van der Waals surface area contributed by atoms with Crippen LogP contribution < -0.4 is 9.47 Å². The smallest absolute Gasteiger partial charge is 0.161 e. The van der Waals surface area contributed by atoms with Gasteiger partial charge in [0, 0.05) is 6.21 Å². The van der Waals surface area contributed by atoms with Crippen LogP contribution in [0, 0.1) is 5.82 Å². The minimum Gasteiger partial charge on any atom is -0.490 e. The zero-order chi connectivity index (χ0) is 19.8. The van der Waals surface area contributed by atoms with Gasteiger partial charge in [0.2, 0.25) is 0 Å². The first-order chi connectivity index (χ1) is 13.7. The fraction of sp³-hybridized carbons (Fsp3) is 0.208. The van der Waals surface area contributed by atoms with E-state index in [4.69, 9.17) is 9.47 Å². The van der Waals surface area contributed by atoms with E-state index in [1.807, 2.05) is 43.3 Å². The molecule has 0 heterocycles. The summed E-state index contributed by atoms with van der Waals surface area (Å²) < 4.78 is 24.9. The Labute approximate surface area is 165 Å². The Balaban J connectivity index is 1.73. The molecule has 3 aromatic rings. The number of benzene rings is 3. The van der Waals surface area contributed by atoms with E-state index in [0.29, 0.717) is 18.1 Å². The lowest BCUT2D eigenvalue weighted by molar-refractivity contribution is 0.269. The summed E-state index contributed by atoms with van der Waals surface area (Å²) >= 11 is 0. The van der Waals surface area contributed by atoms with Gasteiger partial charge in [0.1, 0.15) is 12.4 Å². The second-order valence-electron chi connectivity index (χ2n) is 6.34. The van der Waals surface area contributed by atoms with Gasteiger partial charge in [0.15, 0.2) is 11.5 Å². The summed E-state index contributed by atoms with van der Waals surface area (Å²) in [6.07, 6.45) is 2.82. The Morgan fingerprint density at radius 1 is 0.857 bits per heavy atom. The number of aryl methyl sites for hydroxylation is 1. The van der Waals surface area contributed by atoms with Gasteiger partial charge in [0.25, 0.3) is 0 Å². The first-order valence-electron chi connectivity index (χ1n) is 9.45. The monoisotopic (exact) mass is 377 g/mol. The quantitative estimate of drug-likeness (QED) is 0.443. The summed E-state index contributed by atoms with van der Waals surface area (Å²) in [6, 6.07) is 20.2. The van der Waals surface area contributed by atoms with E-state index in [2.05, 4.69) is 24.0 Å². The lowest BCUT2D eigenvalue weighted by Gasteiger charge is -2.12. The van der Waals surface area contributed by atoms with Crippen LogP contribution in [0.3, 0.4) is 0 Å². The van der Waals surface area contributed by atoms with Crippen LogP contribution in [0.1, 0.15) is 30.5 Å². The molecule has 0 unspecified atom stereocenters. The number of hydrogen-bond donors (Lipinski definition) is 0. The molecule has 0 radical (unpaired) electrons. The maximum Gasteiger partial charge on any atom is 0.161 e. The van der Waals surface area contributed by atoms with Crippen LogP contribution >= 0.6 is 0 Å². The molecule has 28 heavy (non-hydrogen) atoms. The highest BCUT2D eigenvalue weighted by molar-refractivity contribution is 5.83. The highest BCUT2D eigenvalue weighted by Gasteiger charge is 2.07. The van der Waals surface area contributed by atoms with E-state index in [0.717, 1.165) is 23.2 Å². The third-order valence-electron chi connectivity index (χ3n) is 4.26. The van der Waals surface area contributed by atoms with Crippen molar-refractivity contribution in [2.45, 2.75) is 26.9 Å². The van der Waals surface area contributed by atoms with E-state index in [1.54, 1.807) is 12.3 Å². The molecule has 0 bridgehead atoms. The summed E-state index contributed by atoms with van der Waals surface area (Å²) in [5.41, 5.74) is 3.88. The first-order valence-corrected chi connectivity index (χ1v) is 9.45. The van der Waals surface area contributed by atoms with Crippen molar-refractivity contribution >= 4 is 11.9 Å². The van der Waals surface area contributed by atoms with Crippen molar-refractivity contribution in [2.24, 2.45) is 4.99 Å². The summed E-state index contributed by atoms with van der Waals surface area (Å²) in [5.74, 6) is 0.990. The lowest BCUT2D eigenvalue weighted by atomic mass is 10.1. The van der Waals surface area contributed by atoms with Crippen molar-refractivity contribution in [3.63, 3.8) is 0 Å². The number of ether oxygens (including phenoxy) is 2. The molecular formula is C24H24FNO2. The van der Waals surface area contributed by atoms with Crippen molar-refractivity contribution in [1.29, 1.82) is 0 Å². The second-order valence-corrected chi connectivity index (χ2v) is 6.34. The molecule has 0 aliphatic rings. The van der Waals surface area contributed by atoms with E-state index in [-0.39, 0.29) is 12.4 Å². The number of halogens is 1. The van der Waals surface area contributed by atoms with E-state index < -0.39 is 0 Å². The molecular weight excluding hydrogens is 353 g/mol. The molecule has 0 aliphatic heterocycles. The minimum absolute atomic E-state index is 0.273. The molecule has 0 fully saturated rings. The second kappa shape index (κ2) is 9.70. The van der Waals surface area contributed by atoms with Gasteiger partial charge in [-0.3, -0.25) is 4.99 Å². The molecule has 0 saturated heterocycles. The summed E-state index contributed by atoms with van der Waals surface area (Å²) in [4.78, 5) is 4.52. The largest absolute Gasteiger partial charge is 0.490 e. The molecule has 144 valence electrons. The Morgan fingerprint density at radius 3 is 2.39 bits per heavy atom. The highest BCUT2D eigenvalue weighted by Crippen LogP contribution is 2.29. The number of nitrogens with zero attached hydrogens (tertiary/aromatic N) is 1. The van der Waals surface area contributed by atoms with Gasteiger partial charge in [-0.2, -0.15) is 0 Å². The van der Waals surface area contributed by atoms with Crippen LogP contribution in [0.2, 0.25) is 0 Å². The van der Waals surface area contributed by atoms with E-state index in [9.17, 15) is 4.39 Å². The van der Waals surface area contributed by atoms with Crippen LogP contribution in [0.4, 0.5) is 10.1 Å². The maximum absolute atomic E-state index is 13.3. The Hall–Kier alpha value is -3.14. The SMILES string of the molecule is CCOc1cc(C=Nc2ccc(CC)cc2)ccc1OCc1cccc(F)c1. The molecule has 0 aromatic heterocycles. The molecule has 0 saturated carbocycles. The van der Waals surface area contributed by atoms with Crippen LogP contribution in [0.5, 0.6) is 11.5 Å². The predicted octanol–water partition coefficient (Wildman–Crippen LogP) is 6.12. The Bertz CT molecular complexity index is 936. The lowest BCUT2D eigenvalue weighted by Crippen LogP contribution is -2.00. The predicted molar refractivity (Wildman–Crippen MR) is 111 cm³/mol. The molecule has 3 rings (SSSR count). The number of aliphatic imine (C=N–C) groups is 1. The summed E-state index contributed by atoms with van der Waals surface area (Å²) in [7, 11) is 0. The van der Waals surface area contributed by atoms with Crippen molar-refractivity contribution in [2.75, 3.05) is 6.61 Å². The van der Waals surface area contributed by atoms with Gasteiger partial charge in [-0.15, -0.1) is 0 Å². The van der Waals surface area contributed by atoms with Crippen molar-refractivity contribution in [3.8, 4) is 11.5 Å². The number of rotatable bonds is 8. The van der Waals surface area contributed by atoms with Crippen molar-refractivity contribution in [3.05, 3.63) is 89.2 Å². The summed E-state index contributed by atoms with van der Waals surface area (Å²) in [6.45, 7) is 4.85. The Kier molecular flexibility index (Phi) is 6.79. The normalized spacial score (nSPS) is 11.0. The molecule has 3 aromatic carbocycles. The maximum atomic E-state index is 13.3. The molecule has 3 nitrogen and oxygen atoms in total. The molecule has 0 spiro atoms. The van der Waals surface area contributed by atoms with Crippen LogP contribution in [0.15, 0.2) is 71.7 Å². The molecule has 0 amide bonds. The third kappa shape index (κ3) is 5.43. The van der Waals surface area contributed by atoms with Crippen LogP contribution in [-0.2, 0) is 13.0 Å².